The Morgan fingerprint density at radius 3 is 2.47 bits per heavy atom. The van der Waals surface area contributed by atoms with Crippen molar-refractivity contribution in [3.8, 4) is 0 Å². The Morgan fingerprint density at radius 1 is 1.16 bits per heavy atom. The van der Waals surface area contributed by atoms with Gasteiger partial charge in [-0.05, 0) is 58.9 Å². The van der Waals surface area contributed by atoms with E-state index in [1.54, 1.807) is 0 Å². The molecule has 0 aliphatic rings. The first-order chi connectivity index (χ1) is 8.90. The third-order valence-corrected chi connectivity index (χ3v) is 3.01. The van der Waals surface area contributed by atoms with Crippen molar-refractivity contribution in [3.63, 3.8) is 0 Å². The highest BCUT2D eigenvalue weighted by Gasteiger charge is 2.14. The first-order valence-electron chi connectivity index (χ1n) is 6.44. The second-order valence-corrected chi connectivity index (χ2v) is 5.19. The number of hydrogen-bond donors (Lipinski definition) is 1. The molecule has 0 spiro atoms. The van der Waals surface area contributed by atoms with Crippen molar-refractivity contribution in [1.82, 2.24) is 9.80 Å². The number of rotatable bonds is 7. The van der Waals surface area contributed by atoms with Crippen molar-refractivity contribution in [3.05, 3.63) is 35.4 Å². The maximum Gasteiger partial charge on any atom is 0.128 e. The zero-order chi connectivity index (χ0) is 14.4. The summed E-state index contributed by atoms with van der Waals surface area (Å²) in [4.78, 5) is 4.15. The van der Waals surface area contributed by atoms with E-state index in [0.717, 1.165) is 31.6 Å². The van der Waals surface area contributed by atoms with E-state index in [9.17, 15) is 8.78 Å². The summed E-state index contributed by atoms with van der Waals surface area (Å²) >= 11 is 0. The summed E-state index contributed by atoms with van der Waals surface area (Å²) in [7, 11) is 5.98. The molecule has 1 atom stereocenters. The van der Waals surface area contributed by atoms with E-state index in [1.807, 2.05) is 26.0 Å². The lowest BCUT2D eigenvalue weighted by atomic mass is 10.1. The van der Waals surface area contributed by atoms with Gasteiger partial charge in [0.1, 0.15) is 11.6 Å². The fraction of sp³-hybridized carbons (Fsp3) is 0.571. The van der Waals surface area contributed by atoms with Crippen LogP contribution < -0.4 is 5.73 Å². The van der Waals surface area contributed by atoms with E-state index in [1.165, 1.54) is 6.07 Å². The van der Waals surface area contributed by atoms with E-state index in [4.69, 9.17) is 5.73 Å². The van der Waals surface area contributed by atoms with Gasteiger partial charge in [-0.1, -0.05) is 0 Å². The third-order valence-electron chi connectivity index (χ3n) is 3.01. The maximum atomic E-state index is 13.6. The van der Waals surface area contributed by atoms with Crippen LogP contribution in [0.25, 0.3) is 0 Å². The molecule has 1 unspecified atom stereocenters. The molecular weight excluding hydrogens is 248 g/mol. The molecule has 108 valence electrons. The quantitative estimate of drug-likeness (QED) is 0.821. The average molecular weight is 271 g/mol. The smallest absolute Gasteiger partial charge is 0.128 e. The number of hydrogen-bond acceptors (Lipinski definition) is 3. The Morgan fingerprint density at radius 2 is 1.84 bits per heavy atom. The zero-order valence-electron chi connectivity index (χ0n) is 11.9. The molecule has 2 N–H and O–H groups in total. The zero-order valence-corrected chi connectivity index (χ0v) is 11.9. The van der Waals surface area contributed by atoms with Gasteiger partial charge >= 0.3 is 0 Å². The van der Waals surface area contributed by atoms with E-state index < -0.39 is 17.7 Å². The molecule has 0 aliphatic heterocycles. The lowest BCUT2D eigenvalue weighted by molar-refractivity contribution is 0.284. The van der Waals surface area contributed by atoms with Gasteiger partial charge in [-0.3, -0.25) is 0 Å². The van der Waals surface area contributed by atoms with Crippen LogP contribution in [0.2, 0.25) is 0 Å². The van der Waals surface area contributed by atoms with Crippen molar-refractivity contribution >= 4 is 0 Å². The van der Waals surface area contributed by atoms with Crippen molar-refractivity contribution in [2.75, 3.05) is 40.8 Å². The average Bonchev–Trinajstić information content (AvgIpc) is 2.31. The third kappa shape index (κ3) is 5.63. The molecule has 0 bridgehead atoms. The molecule has 0 saturated carbocycles. The molecule has 0 heterocycles. The van der Waals surface area contributed by atoms with Crippen LogP contribution >= 0.6 is 0 Å². The standard InChI is InChI=1S/C14H23F2N3/c1-18(2)7-4-8-19(3)10-14(17)12-9-11(15)5-6-13(12)16/h5-6,9,14H,4,7-8,10,17H2,1-3H3. The predicted octanol–water partition coefficient (Wildman–Crippen LogP) is 1.85. The fourth-order valence-corrected chi connectivity index (χ4v) is 1.98. The van der Waals surface area contributed by atoms with Crippen molar-refractivity contribution in [1.29, 1.82) is 0 Å². The molecule has 1 rings (SSSR count). The van der Waals surface area contributed by atoms with Crippen LogP contribution in [0.5, 0.6) is 0 Å². The summed E-state index contributed by atoms with van der Waals surface area (Å²) in [6.45, 7) is 2.38. The topological polar surface area (TPSA) is 32.5 Å². The van der Waals surface area contributed by atoms with Crippen LogP contribution in [0.1, 0.15) is 18.0 Å². The van der Waals surface area contributed by atoms with Gasteiger partial charge in [0.2, 0.25) is 0 Å². The predicted molar refractivity (Wildman–Crippen MR) is 74.0 cm³/mol. The SMILES string of the molecule is CN(C)CCCN(C)CC(N)c1cc(F)ccc1F. The molecule has 1 aromatic rings. The van der Waals surface area contributed by atoms with Crippen molar-refractivity contribution < 1.29 is 8.78 Å². The highest BCUT2D eigenvalue weighted by molar-refractivity contribution is 5.22. The molecule has 0 saturated heterocycles. The van der Waals surface area contributed by atoms with Gasteiger partial charge in [0.25, 0.3) is 0 Å². The van der Waals surface area contributed by atoms with Gasteiger partial charge in [-0.25, -0.2) is 8.78 Å². The maximum absolute atomic E-state index is 13.6. The van der Waals surface area contributed by atoms with Crippen LogP contribution in [0.15, 0.2) is 18.2 Å². The first kappa shape index (κ1) is 16.0. The minimum absolute atomic E-state index is 0.236. The summed E-state index contributed by atoms with van der Waals surface area (Å²) in [6.07, 6.45) is 1.02. The summed E-state index contributed by atoms with van der Waals surface area (Å²) in [5.74, 6) is -0.905. The lowest BCUT2D eigenvalue weighted by Crippen LogP contribution is -2.31. The molecule has 0 radical (unpaired) electrons. The molecule has 0 fully saturated rings. The Bertz CT molecular complexity index is 396. The van der Waals surface area contributed by atoms with Crippen LogP contribution in [0.3, 0.4) is 0 Å². The van der Waals surface area contributed by atoms with Crippen LogP contribution in [-0.4, -0.2) is 50.6 Å². The van der Waals surface area contributed by atoms with E-state index in [-0.39, 0.29) is 5.56 Å². The highest BCUT2D eigenvalue weighted by Crippen LogP contribution is 2.17. The largest absolute Gasteiger partial charge is 0.323 e. The van der Waals surface area contributed by atoms with Gasteiger partial charge in [0.05, 0.1) is 0 Å². The highest BCUT2D eigenvalue weighted by atomic mass is 19.1. The Hall–Kier alpha value is -1.04. The normalized spacial score (nSPS) is 13.3. The number of nitrogens with zero attached hydrogens (tertiary/aromatic N) is 2. The van der Waals surface area contributed by atoms with Crippen molar-refractivity contribution in [2.24, 2.45) is 5.73 Å². The number of nitrogens with two attached hydrogens (primary N) is 1. The Balaban J connectivity index is 2.49. The summed E-state index contributed by atoms with van der Waals surface area (Å²) in [5.41, 5.74) is 6.17. The van der Waals surface area contributed by atoms with Crippen LogP contribution in [0, 0.1) is 11.6 Å². The molecule has 0 aromatic heterocycles. The molecule has 3 nitrogen and oxygen atoms in total. The van der Waals surface area contributed by atoms with E-state index in [0.29, 0.717) is 6.54 Å². The first-order valence-corrected chi connectivity index (χ1v) is 6.44. The monoisotopic (exact) mass is 271 g/mol. The van der Waals surface area contributed by atoms with Crippen molar-refractivity contribution in [2.45, 2.75) is 12.5 Å². The van der Waals surface area contributed by atoms with Gasteiger partial charge < -0.3 is 15.5 Å². The molecule has 5 heteroatoms. The summed E-state index contributed by atoms with van der Waals surface area (Å²) < 4.78 is 26.7. The number of likely N-dealkylation sites (N-methyl/N-ethyl adjacent to an activating group) is 1. The van der Waals surface area contributed by atoms with E-state index >= 15 is 0 Å². The second-order valence-electron chi connectivity index (χ2n) is 5.19. The summed E-state index contributed by atoms with van der Waals surface area (Å²) in [6, 6.07) is 2.89. The van der Waals surface area contributed by atoms with E-state index in [2.05, 4.69) is 4.90 Å². The fourth-order valence-electron chi connectivity index (χ4n) is 1.98. The lowest BCUT2D eigenvalue weighted by Gasteiger charge is -2.22. The second kappa shape index (κ2) is 7.53. The van der Waals surface area contributed by atoms with Crippen LogP contribution in [-0.2, 0) is 0 Å². The van der Waals surface area contributed by atoms with Gasteiger partial charge in [0, 0.05) is 18.2 Å². The number of halogens is 2. The Labute approximate surface area is 114 Å². The van der Waals surface area contributed by atoms with Gasteiger partial charge in [-0.2, -0.15) is 0 Å². The number of benzene rings is 1. The summed E-state index contributed by atoms with van der Waals surface area (Å²) in [5, 5.41) is 0. The van der Waals surface area contributed by atoms with Gasteiger partial charge in [0.15, 0.2) is 0 Å². The molecular formula is C14H23F2N3. The minimum Gasteiger partial charge on any atom is -0.323 e. The van der Waals surface area contributed by atoms with Crippen LogP contribution in [0.4, 0.5) is 8.78 Å². The minimum atomic E-state index is -0.514. The molecule has 0 aliphatic carbocycles. The molecule has 1 aromatic carbocycles. The van der Waals surface area contributed by atoms with Gasteiger partial charge in [-0.15, -0.1) is 0 Å². The molecule has 0 amide bonds. The Kier molecular flexibility index (Phi) is 6.34. The molecule has 19 heavy (non-hydrogen) atoms.